The predicted octanol–water partition coefficient (Wildman–Crippen LogP) is 7.08. The van der Waals surface area contributed by atoms with Crippen molar-refractivity contribution in [3.63, 3.8) is 0 Å². The lowest BCUT2D eigenvalue weighted by Crippen LogP contribution is -2.15. The van der Waals surface area contributed by atoms with Crippen molar-refractivity contribution in [3.05, 3.63) is 131 Å². The van der Waals surface area contributed by atoms with Gasteiger partial charge in [-0.05, 0) is 61.8 Å². The van der Waals surface area contributed by atoms with Crippen molar-refractivity contribution in [2.45, 2.75) is 12.3 Å². The fraction of sp³-hybridized carbons (Fsp3) is 0.0714. The Morgan fingerprint density at radius 3 is 1.54 bits per heavy atom. The van der Waals surface area contributed by atoms with Crippen LogP contribution in [-0.2, 0) is 6.42 Å². The van der Waals surface area contributed by atoms with Crippen LogP contribution in [0.2, 0.25) is 0 Å². The molecule has 0 saturated heterocycles. The molecule has 6 rings (SSSR count). The van der Waals surface area contributed by atoms with Crippen molar-refractivity contribution in [3.8, 4) is 0 Å². The van der Waals surface area contributed by atoms with E-state index in [1.165, 1.54) is 49.4 Å². The third-order valence-electron chi connectivity index (χ3n) is 6.21. The SMILES string of the molecule is c1ccc2c(c1)Cc1ccccc1C2c1c2ccccc2cc2ccccc12. The lowest BCUT2D eigenvalue weighted by Gasteiger charge is -2.30. The number of fused-ring (bicyclic) bond motifs is 4. The maximum absolute atomic E-state index is 2.33. The largest absolute Gasteiger partial charge is 0.0620 e. The first kappa shape index (κ1) is 15.7. The minimum atomic E-state index is 0.261. The molecule has 0 atom stereocenters. The summed E-state index contributed by atoms with van der Waals surface area (Å²) in [4.78, 5) is 0. The molecule has 5 aromatic carbocycles. The summed E-state index contributed by atoms with van der Waals surface area (Å²) < 4.78 is 0. The van der Waals surface area contributed by atoms with E-state index in [4.69, 9.17) is 0 Å². The Balaban J connectivity index is 1.79. The Labute approximate surface area is 165 Å². The fourth-order valence-corrected chi connectivity index (χ4v) is 5.00. The van der Waals surface area contributed by atoms with Crippen molar-refractivity contribution >= 4 is 21.5 Å². The molecular weight excluding hydrogens is 336 g/mol. The highest BCUT2D eigenvalue weighted by atomic mass is 14.3. The number of rotatable bonds is 1. The van der Waals surface area contributed by atoms with Crippen LogP contribution < -0.4 is 0 Å². The Hall–Kier alpha value is -3.38. The highest BCUT2D eigenvalue weighted by Crippen LogP contribution is 2.45. The van der Waals surface area contributed by atoms with E-state index in [2.05, 4.69) is 103 Å². The van der Waals surface area contributed by atoms with Gasteiger partial charge in [-0.15, -0.1) is 0 Å². The second kappa shape index (κ2) is 6.07. The zero-order chi connectivity index (χ0) is 18.5. The lowest BCUT2D eigenvalue weighted by atomic mass is 9.72. The summed E-state index contributed by atoms with van der Waals surface area (Å²) in [5.74, 6) is 0.261. The number of benzene rings is 5. The molecule has 0 fully saturated rings. The van der Waals surface area contributed by atoms with Crippen LogP contribution in [0.15, 0.2) is 103 Å². The van der Waals surface area contributed by atoms with Gasteiger partial charge >= 0.3 is 0 Å². The smallest absolute Gasteiger partial charge is 0.0357 e. The van der Waals surface area contributed by atoms with Gasteiger partial charge in [0.15, 0.2) is 0 Å². The maximum atomic E-state index is 2.33. The van der Waals surface area contributed by atoms with E-state index in [0.29, 0.717) is 0 Å². The van der Waals surface area contributed by atoms with Crippen LogP contribution >= 0.6 is 0 Å². The molecule has 0 N–H and O–H groups in total. The van der Waals surface area contributed by atoms with Crippen LogP contribution in [0.4, 0.5) is 0 Å². The molecule has 0 aromatic heterocycles. The summed E-state index contributed by atoms with van der Waals surface area (Å²) in [5.41, 5.74) is 7.23. The molecule has 0 saturated carbocycles. The van der Waals surface area contributed by atoms with Gasteiger partial charge in [0.1, 0.15) is 0 Å². The van der Waals surface area contributed by atoms with Crippen LogP contribution in [0.3, 0.4) is 0 Å². The average Bonchev–Trinajstić information content (AvgIpc) is 2.76. The zero-order valence-electron chi connectivity index (χ0n) is 15.6. The van der Waals surface area contributed by atoms with Gasteiger partial charge in [0.2, 0.25) is 0 Å². The molecule has 0 bridgehead atoms. The van der Waals surface area contributed by atoms with E-state index in [0.717, 1.165) is 6.42 Å². The third kappa shape index (κ3) is 2.25. The van der Waals surface area contributed by atoms with Gasteiger partial charge in [-0.2, -0.15) is 0 Å². The van der Waals surface area contributed by atoms with Crippen LogP contribution in [0, 0.1) is 0 Å². The summed E-state index contributed by atoms with van der Waals surface area (Å²) in [7, 11) is 0. The topological polar surface area (TPSA) is 0 Å². The van der Waals surface area contributed by atoms with Gasteiger partial charge in [-0.25, -0.2) is 0 Å². The molecule has 0 nitrogen and oxygen atoms in total. The molecule has 1 aliphatic rings. The van der Waals surface area contributed by atoms with Crippen LogP contribution in [-0.4, -0.2) is 0 Å². The Morgan fingerprint density at radius 1 is 0.500 bits per heavy atom. The molecule has 0 unspecified atom stereocenters. The second-order valence-corrected chi connectivity index (χ2v) is 7.74. The Morgan fingerprint density at radius 2 is 0.964 bits per heavy atom. The standard InChI is InChI=1S/C28H20/c1-5-13-23-19(9-1)17-20-10-2-6-14-24(20)27(23)28-25-15-7-3-11-21(25)18-22-12-4-8-16-26(22)28/h1-17,28H,18H2. The fourth-order valence-electron chi connectivity index (χ4n) is 5.00. The third-order valence-corrected chi connectivity index (χ3v) is 6.21. The van der Waals surface area contributed by atoms with E-state index in [-0.39, 0.29) is 5.92 Å². The van der Waals surface area contributed by atoms with E-state index < -0.39 is 0 Å². The predicted molar refractivity (Wildman–Crippen MR) is 118 cm³/mol. The normalized spacial score (nSPS) is 13.4. The Bertz CT molecular complexity index is 1240. The molecule has 0 heteroatoms. The van der Waals surface area contributed by atoms with Crippen molar-refractivity contribution in [2.24, 2.45) is 0 Å². The van der Waals surface area contributed by atoms with Crippen LogP contribution in [0.1, 0.15) is 33.7 Å². The van der Waals surface area contributed by atoms with E-state index in [1.54, 1.807) is 0 Å². The molecule has 0 amide bonds. The molecular formula is C28H20. The van der Waals surface area contributed by atoms with Crippen LogP contribution in [0.25, 0.3) is 21.5 Å². The van der Waals surface area contributed by atoms with Crippen molar-refractivity contribution in [2.75, 3.05) is 0 Å². The first-order valence-electron chi connectivity index (χ1n) is 9.96. The molecule has 132 valence electrons. The Kier molecular flexibility index (Phi) is 3.39. The molecule has 5 aromatic rings. The first-order valence-corrected chi connectivity index (χ1v) is 9.96. The van der Waals surface area contributed by atoms with E-state index >= 15 is 0 Å². The van der Waals surface area contributed by atoms with Gasteiger partial charge in [-0.3, -0.25) is 0 Å². The molecule has 0 heterocycles. The minimum Gasteiger partial charge on any atom is -0.0620 e. The van der Waals surface area contributed by atoms with E-state index in [9.17, 15) is 0 Å². The van der Waals surface area contributed by atoms with Gasteiger partial charge < -0.3 is 0 Å². The van der Waals surface area contributed by atoms with Crippen molar-refractivity contribution in [1.29, 1.82) is 0 Å². The maximum Gasteiger partial charge on any atom is 0.0357 e. The average molecular weight is 356 g/mol. The van der Waals surface area contributed by atoms with E-state index in [1.807, 2.05) is 0 Å². The summed E-state index contributed by atoms with van der Waals surface area (Å²) in [5, 5.41) is 5.35. The van der Waals surface area contributed by atoms with Gasteiger partial charge in [0.05, 0.1) is 0 Å². The summed E-state index contributed by atoms with van der Waals surface area (Å²) in [6.45, 7) is 0. The molecule has 0 aliphatic heterocycles. The quantitative estimate of drug-likeness (QED) is 0.276. The van der Waals surface area contributed by atoms with Gasteiger partial charge in [0.25, 0.3) is 0 Å². The highest BCUT2D eigenvalue weighted by Gasteiger charge is 2.28. The number of hydrogen-bond acceptors (Lipinski definition) is 0. The highest BCUT2D eigenvalue weighted by molar-refractivity contribution is 6.03. The monoisotopic (exact) mass is 356 g/mol. The summed E-state index contributed by atoms with van der Waals surface area (Å²) in [6.07, 6.45) is 1.02. The summed E-state index contributed by atoms with van der Waals surface area (Å²) >= 11 is 0. The molecule has 28 heavy (non-hydrogen) atoms. The summed E-state index contributed by atoms with van der Waals surface area (Å²) in [6, 6.07) is 38.0. The lowest BCUT2D eigenvalue weighted by molar-refractivity contribution is 0.898. The van der Waals surface area contributed by atoms with Crippen LogP contribution in [0.5, 0.6) is 0 Å². The van der Waals surface area contributed by atoms with Gasteiger partial charge in [-0.1, -0.05) is 97.1 Å². The van der Waals surface area contributed by atoms with Crippen molar-refractivity contribution < 1.29 is 0 Å². The molecule has 0 radical (unpaired) electrons. The zero-order valence-corrected chi connectivity index (χ0v) is 15.6. The number of hydrogen-bond donors (Lipinski definition) is 0. The molecule has 1 aliphatic carbocycles. The van der Waals surface area contributed by atoms with Crippen molar-refractivity contribution in [1.82, 2.24) is 0 Å². The first-order chi connectivity index (χ1) is 13.9. The van der Waals surface area contributed by atoms with Gasteiger partial charge in [0, 0.05) is 5.92 Å². The molecule has 0 spiro atoms. The minimum absolute atomic E-state index is 0.261. The second-order valence-electron chi connectivity index (χ2n) is 7.74.